The molecule has 0 aromatic heterocycles. The van der Waals surface area contributed by atoms with E-state index in [4.69, 9.17) is 0 Å². The van der Waals surface area contributed by atoms with Crippen LogP contribution in [0.2, 0.25) is 0 Å². The second kappa shape index (κ2) is 13.6. The largest absolute Gasteiger partial charge is 0.303 e. The van der Waals surface area contributed by atoms with E-state index in [1.807, 2.05) is 0 Å². The molecule has 0 N–H and O–H groups in total. The average Bonchev–Trinajstić information content (AvgIpc) is 3.06. The summed E-state index contributed by atoms with van der Waals surface area (Å²) in [5.74, 6) is 1.50. The van der Waals surface area contributed by atoms with Gasteiger partial charge in [-0.3, -0.25) is 0 Å². The van der Waals surface area contributed by atoms with Crippen LogP contribution in [0.3, 0.4) is 0 Å². The summed E-state index contributed by atoms with van der Waals surface area (Å²) in [7, 11) is 0. The SMILES string of the molecule is CCCCN(CCCC)CCC1=C(C(C)CCC)C=C(C(C)CCC)C1. The highest BCUT2D eigenvalue weighted by Gasteiger charge is 2.23. The van der Waals surface area contributed by atoms with Crippen molar-refractivity contribution in [2.24, 2.45) is 11.8 Å². The highest BCUT2D eigenvalue weighted by molar-refractivity contribution is 5.41. The number of nitrogens with zero attached hydrogens (tertiary/aromatic N) is 1. The molecule has 2 unspecified atom stereocenters. The summed E-state index contributed by atoms with van der Waals surface area (Å²) in [6, 6.07) is 0. The lowest BCUT2D eigenvalue weighted by Gasteiger charge is -2.23. The topological polar surface area (TPSA) is 3.24 Å². The third kappa shape index (κ3) is 7.99. The maximum Gasteiger partial charge on any atom is 0.00189 e. The van der Waals surface area contributed by atoms with Gasteiger partial charge in [0.25, 0.3) is 0 Å². The van der Waals surface area contributed by atoms with Crippen LogP contribution in [0.1, 0.15) is 106 Å². The van der Waals surface area contributed by atoms with Crippen LogP contribution in [0.4, 0.5) is 0 Å². The Kier molecular flexibility index (Phi) is 12.3. The molecule has 2 atom stereocenters. The molecular weight excluding hydrogens is 314 g/mol. The maximum atomic E-state index is 2.73. The summed E-state index contributed by atoms with van der Waals surface area (Å²) in [5, 5.41) is 0. The summed E-state index contributed by atoms with van der Waals surface area (Å²) in [5.41, 5.74) is 5.19. The number of hydrogen-bond acceptors (Lipinski definition) is 1. The normalized spacial score (nSPS) is 17.1. The van der Waals surface area contributed by atoms with E-state index in [0.717, 1.165) is 11.8 Å². The lowest BCUT2D eigenvalue weighted by Crippen LogP contribution is -2.27. The van der Waals surface area contributed by atoms with E-state index in [-0.39, 0.29) is 0 Å². The minimum absolute atomic E-state index is 0.737. The third-order valence-corrected chi connectivity index (χ3v) is 6.16. The minimum Gasteiger partial charge on any atom is -0.303 e. The molecule has 0 spiro atoms. The molecule has 0 saturated carbocycles. The molecule has 152 valence electrons. The van der Waals surface area contributed by atoms with Crippen LogP contribution in [0.25, 0.3) is 0 Å². The van der Waals surface area contributed by atoms with Gasteiger partial charge in [-0.25, -0.2) is 0 Å². The van der Waals surface area contributed by atoms with Crippen molar-refractivity contribution in [2.45, 2.75) is 106 Å². The van der Waals surface area contributed by atoms with E-state index in [1.165, 1.54) is 83.8 Å². The average molecular weight is 362 g/mol. The molecule has 0 aromatic rings. The maximum absolute atomic E-state index is 2.73. The summed E-state index contributed by atoms with van der Waals surface area (Å²) in [4.78, 5) is 2.73. The van der Waals surface area contributed by atoms with Gasteiger partial charge < -0.3 is 4.90 Å². The van der Waals surface area contributed by atoms with E-state index in [0.29, 0.717) is 0 Å². The van der Waals surface area contributed by atoms with E-state index in [1.54, 1.807) is 16.7 Å². The third-order valence-electron chi connectivity index (χ3n) is 6.16. The number of unbranched alkanes of at least 4 members (excludes halogenated alkanes) is 2. The Morgan fingerprint density at radius 2 is 1.38 bits per heavy atom. The molecule has 0 amide bonds. The Labute approximate surface area is 165 Å². The first kappa shape index (κ1) is 23.5. The van der Waals surface area contributed by atoms with Crippen molar-refractivity contribution in [1.82, 2.24) is 4.90 Å². The van der Waals surface area contributed by atoms with Gasteiger partial charge in [0.1, 0.15) is 0 Å². The second-order valence-corrected chi connectivity index (χ2v) is 8.63. The molecule has 0 radical (unpaired) electrons. The summed E-state index contributed by atoms with van der Waals surface area (Å²) in [6.07, 6.45) is 15.7. The highest BCUT2D eigenvalue weighted by Crippen LogP contribution is 2.38. The zero-order valence-corrected chi connectivity index (χ0v) is 18.9. The van der Waals surface area contributed by atoms with Gasteiger partial charge in [-0.15, -0.1) is 0 Å². The standard InChI is InChI=1S/C25H47N/c1-7-11-16-26(17-12-8-2)18-15-23-19-24(21(5)13-9-3)20-25(23)22(6)14-10-4/h20-22H,7-19H2,1-6H3. The predicted molar refractivity (Wildman–Crippen MR) is 119 cm³/mol. The van der Waals surface area contributed by atoms with Crippen molar-refractivity contribution in [3.8, 4) is 0 Å². The lowest BCUT2D eigenvalue weighted by molar-refractivity contribution is 0.267. The number of rotatable bonds is 15. The van der Waals surface area contributed by atoms with Gasteiger partial charge in [0.2, 0.25) is 0 Å². The smallest absolute Gasteiger partial charge is 0.00189 e. The molecule has 1 aliphatic carbocycles. The summed E-state index contributed by atoms with van der Waals surface area (Å²) in [6.45, 7) is 18.0. The van der Waals surface area contributed by atoms with Gasteiger partial charge in [-0.2, -0.15) is 0 Å². The van der Waals surface area contributed by atoms with Gasteiger partial charge >= 0.3 is 0 Å². The van der Waals surface area contributed by atoms with Gasteiger partial charge in [0.15, 0.2) is 0 Å². The molecule has 1 rings (SSSR count). The first-order valence-corrected chi connectivity index (χ1v) is 11.7. The first-order valence-electron chi connectivity index (χ1n) is 11.7. The first-order chi connectivity index (χ1) is 12.6. The van der Waals surface area contributed by atoms with Crippen LogP contribution in [0.15, 0.2) is 22.8 Å². The van der Waals surface area contributed by atoms with Gasteiger partial charge in [-0.05, 0) is 69.0 Å². The Bertz CT molecular complexity index is 423. The highest BCUT2D eigenvalue weighted by atomic mass is 15.1. The fraction of sp³-hybridized carbons (Fsp3) is 0.840. The van der Waals surface area contributed by atoms with Crippen LogP contribution >= 0.6 is 0 Å². The molecule has 0 aliphatic heterocycles. The number of allylic oxidation sites excluding steroid dienone is 3. The molecule has 0 bridgehead atoms. The Balaban J connectivity index is 2.76. The molecule has 1 heteroatoms. The summed E-state index contributed by atoms with van der Waals surface area (Å²) < 4.78 is 0. The molecular formula is C25H47N. The van der Waals surface area contributed by atoms with Crippen molar-refractivity contribution in [3.63, 3.8) is 0 Å². The zero-order chi connectivity index (χ0) is 19.4. The molecule has 0 aromatic carbocycles. The van der Waals surface area contributed by atoms with Gasteiger partial charge in [0.05, 0.1) is 0 Å². The molecule has 1 nitrogen and oxygen atoms in total. The minimum atomic E-state index is 0.737. The quantitative estimate of drug-likeness (QED) is 0.288. The van der Waals surface area contributed by atoms with Gasteiger partial charge in [-0.1, -0.05) is 84.4 Å². The van der Waals surface area contributed by atoms with E-state index < -0.39 is 0 Å². The van der Waals surface area contributed by atoms with Crippen LogP contribution in [0.5, 0.6) is 0 Å². The monoisotopic (exact) mass is 361 g/mol. The van der Waals surface area contributed by atoms with Crippen LogP contribution in [0, 0.1) is 11.8 Å². The fourth-order valence-corrected chi connectivity index (χ4v) is 4.34. The molecule has 0 saturated heterocycles. The van der Waals surface area contributed by atoms with E-state index in [2.05, 4.69) is 52.5 Å². The molecule has 0 fully saturated rings. The lowest BCUT2D eigenvalue weighted by atomic mass is 9.92. The predicted octanol–water partition coefficient (Wildman–Crippen LogP) is 7.78. The molecule has 26 heavy (non-hydrogen) atoms. The van der Waals surface area contributed by atoms with E-state index >= 15 is 0 Å². The van der Waals surface area contributed by atoms with Crippen LogP contribution in [-0.4, -0.2) is 24.5 Å². The van der Waals surface area contributed by atoms with Crippen molar-refractivity contribution in [3.05, 3.63) is 22.8 Å². The Hall–Kier alpha value is -0.560. The summed E-state index contributed by atoms with van der Waals surface area (Å²) >= 11 is 0. The van der Waals surface area contributed by atoms with Crippen molar-refractivity contribution in [1.29, 1.82) is 0 Å². The fourth-order valence-electron chi connectivity index (χ4n) is 4.34. The zero-order valence-electron chi connectivity index (χ0n) is 18.9. The number of hydrogen-bond donors (Lipinski definition) is 0. The Morgan fingerprint density at radius 3 is 1.92 bits per heavy atom. The van der Waals surface area contributed by atoms with Crippen molar-refractivity contribution < 1.29 is 0 Å². The van der Waals surface area contributed by atoms with Gasteiger partial charge in [0, 0.05) is 6.54 Å². The van der Waals surface area contributed by atoms with Crippen molar-refractivity contribution >= 4 is 0 Å². The van der Waals surface area contributed by atoms with Crippen LogP contribution < -0.4 is 0 Å². The Morgan fingerprint density at radius 1 is 0.808 bits per heavy atom. The second-order valence-electron chi connectivity index (χ2n) is 8.63. The van der Waals surface area contributed by atoms with Crippen molar-refractivity contribution in [2.75, 3.05) is 19.6 Å². The van der Waals surface area contributed by atoms with E-state index in [9.17, 15) is 0 Å². The molecule has 0 heterocycles. The van der Waals surface area contributed by atoms with Crippen LogP contribution in [-0.2, 0) is 0 Å². The molecule has 1 aliphatic rings.